The monoisotopic (exact) mass is 330 g/mol. The van der Waals surface area contributed by atoms with Crippen molar-refractivity contribution in [1.82, 2.24) is 9.88 Å². The average molecular weight is 331 g/mol. The highest BCUT2D eigenvalue weighted by atomic mass is 32.2. The van der Waals surface area contributed by atoms with Gasteiger partial charge in [0.15, 0.2) is 5.13 Å². The van der Waals surface area contributed by atoms with Gasteiger partial charge in [0.05, 0.1) is 0 Å². The maximum absolute atomic E-state index is 12.5. The van der Waals surface area contributed by atoms with Gasteiger partial charge in [-0.3, -0.25) is 4.79 Å². The lowest BCUT2D eigenvalue weighted by molar-refractivity contribution is 0.0747. The third kappa shape index (κ3) is 5.39. The van der Waals surface area contributed by atoms with E-state index in [1.54, 1.807) is 16.7 Å². The van der Waals surface area contributed by atoms with E-state index >= 15 is 0 Å². The summed E-state index contributed by atoms with van der Waals surface area (Å²) in [6.45, 7) is 7.12. The van der Waals surface area contributed by atoms with E-state index in [9.17, 15) is 4.79 Å². The van der Waals surface area contributed by atoms with Gasteiger partial charge in [-0.2, -0.15) is 11.8 Å². The summed E-state index contributed by atoms with van der Waals surface area (Å²) in [6, 6.07) is 0.193. The predicted octanol–water partition coefficient (Wildman–Crippen LogP) is 3.01. The molecule has 1 rings (SSSR count). The second kappa shape index (κ2) is 8.48. The molecule has 3 N–H and O–H groups in total. The van der Waals surface area contributed by atoms with Crippen LogP contribution < -0.4 is 11.1 Å². The number of amides is 1. The van der Waals surface area contributed by atoms with Crippen molar-refractivity contribution in [3.8, 4) is 0 Å². The standard InChI is InChI=1S/C14H26N4OS2/c1-9(2)8-16-14-17-12(15)11(21-14)13(19)18(4)10(3)6-7-20-5/h9-10H,6-8,15H2,1-5H3,(H,16,17). The third-order valence-corrected chi connectivity index (χ3v) is 4.89. The quantitative estimate of drug-likeness (QED) is 0.766. The van der Waals surface area contributed by atoms with Gasteiger partial charge >= 0.3 is 0 Å². The number of thioether (sulfide) groups is 1. The number of aromatic nitrogens is 1. The van der Waals surface area contributed by atoms with Crippen LogP contribution in [0.1, 0.15) is 36.9 Å². The first-order valence-electron chi connectivity index (χ1n) is 7.13. The Morgan fingerprint density at radius 2 is 2.14 bits per heavy atom. The van der Waals surface area contributed by atoms with Crippen molar-refractivity contribution in [2.45, 2.75) is 33.2 Å². The smallest absolute Gasteiger partial charge is 0.267 e. The van der Waals surface area contributed by atoms with E-state index in [0.717, 1.165) is 23.8 Å². The van der Waals surface area contributed by atoms with Gasteiger partial charge < -0.3 is 16.0 Å². The SMILES string of the molecule is CSCCC(C)N(C)C(=O)c1sc(NCC(C)C)nc1N. The summed E-state index contributed by atoms with van der Waals surface area (Å²) in [7, 11) is 1.83. The van der Waals surface area contributed by atoms with Gasteiger partial charge in [-0.25, -0.2) is 4.98 Å². The van der Waals surface area contributed by atoms with Crippen molar-refractivity contribution in [2.24, 2.45) is 5.92 Å². The summed E-state index contributed by atoms with van der Waals surface area (Å²) >= 11 is 3.12. The van der Waals surface area contributed by atoms with E-state index in [1.165, 1.54) is 11.3 Å². The van der Waals surface area contributed by atoms with E-state index in [0.29, 0.717) is 16.6 Å². The van der Waals surface area contributed by atoms with Gasteiger partial charge in [-0.05, 0) is 31.3 Å². The molecular formula is C14H26N4OS2. The van der Waals surface area contributed by atoms with Crippen molar-refractivity contribution in [1.29, 1.82) is 0 Å². The van der Waals surface area contributed by atoms with E-state index in [-0.39, 0.29) is 11.9 Å². The highest BCUT2D eigenvalue weighted by molar-refractivity contribution is 7.98. The number of anilines is 2. The maximum atomic E-state index is 12.5. The molecule has 0 aliphatic heterocycles. The lowest BCUT2D eigenvalue weighted by Gasteiger charge is -2.24. The molecule has 1 aromatic heterocycles. The first kappa shape index (κ1) is 18.1. The molecule has 5 nitrogen and oxygen atoms in total. The molecule has 1 unspecified atom stereocenters. The number of carbonyl (C=O) groups is 1. The second-order valence-corrected chi connectivity index (χ2v) is 7.54. The number of thiazole rings is 1. The molecule has 0 bridgehead atoms. The molecular weight excluding hydrogens is 304 g/mol. The van der Waals surface area contributed by atoms with Crippen LogP contribution in [0.2, 0.25) is 0 Å². The summed E-state index contributed by atoms with van der Waals surface area (Å²) in [5.41, 5.74) is 5.89. The molecule has 0 aromatic carbocycles. The van der Waals surface area contributed by atoms with Crippen molar-refractivity contribution in [2.75, 3.05) is 36.7 Å². The van der Waals surface area contributed by atoms with Gasteiger partial charge in [0, 0.05) is 19.6 Å². The van der Waals surface area contributed by atoms with E-state index in [4.69, 9.17) is 5.73 Å². The Labute approximate surface area is 135 Å². The molecule has 0 aliphatic rings. The van der Waals surface area contributed by atoms with Gasteiger partial charge in [0.1, 0.15) is 10.7 Å². The van der Waals surface area contributed by atoms with E-state index in [1.807, 2.05) is 7.05 Å². The number of nitrogens with one attached hydrogen (secondary N) is 1. The van der Waals surface area contributed by atoms with Crippen LogP contribution in [0, 0.1) is 5.92 Å². The van der Waals surface area contributed by atoms with Crippen LogP contribution in [-0.2, 0) is 0 Å². The molecule has 120 valence electrons. The molecule has 1 aromatic rings. The molecule has 21 heavy (non-hydrogen) atoms. The van der Waals surface area contributed by atoms with Gasteiger partial charge in [-0.1, -0.05) is 25.2 Å². The van der Waals surface area contributed by atoms with E-state index in [2.05, 4.69) is 37.3 Å². The molecule has 0 radical (unpaired) electrons. The van der Waals surface area contributed by atoms with Crippen LogP contribution in [0.5, 0.6) is 0 Å². The molecule has 0 saturated heterocycles. The van der Waals surface area contributed by atoms with Crippen molar-refractivity contribution in [3.05, 3.63) is 4.88 Å². The Morgan fingerprint density at radius 1 is 1.48 bits per heavy atom. The Hall–Kier alpha value is -0.950. The van der Waals surface area contributed by atoms with Crippen LogP contribution in [0.3, 0.4) is 0 Å². The zero-order valence-electron chi connectivity index (χ0n) is 13.5. The van der Waals surface area contributed by atoms with Gasteiger partial charge in [0.25, 0.3) is 5.91 Å². The first-order chi connectivity index (χ1) is 9.86. The molecule has 7 heteroatoms. The summed E-state index contributed by atoms with van der Waals surface area (Å²) < 4.78 is 0. The number of hydrogen-bond donors (Lipinski definition) is 2. The summed E-state index contributed by atoms with van der Waals surface area (Å²) in [5.74, 6) is 1.83. The van der Waals surface area contributed by atoms with Crippen LogP contribution in [0.4, 0.5) is 10.9 Å². The van der Waals surface area contributed by atoms with Crippen LogP contribution >= 0.6 is 23.1 Å². The number of nitrogen functional groups attached to an aromatic ring is 1. The van der Waals surface area contributed by atoms with Crippen molar-refractivity contribution >= 4 is 40.0 Å². The minimum absolute atomic E-state index is 0.0452. The Bertz CT molecular complexity index is 462. The summed E-state index contributed by atoms with van der Waals surface area (Å²) in [5, 5.41) is 3.93. The van der Waals surface area contributed by atoms with Crippen molar-refractivity contribution in [3.63, 3.8) is 0 Å². The number of nitrogens with two attached hydrogens (primary N) is 1. The second-order valence-electron chi connectivity index (χ2n) is 5.55. The molecule has 0 fully saturated rings. The molecule has 1 heterocycles. The Morgan fingerprint density at radius 3 is 2.71 bits per heavy atom. The molecule has 0 aliphatic carbocycles. The Balaban J connectivity index is 2.73. The number of nitrogens with zero attached hydrogens (tertiary/aromatic N) is 2. The van der Waals surface area contributed by atoms with Crippen LogP contribution in [-0.4, -0.2) is 47.4 Å². The molecule has 1 atom stereocenters. The zero-order chi connectivity index (χ0) is 16.0. The normalized spacial score (nSPS) is 12.5. The average Bonchev–Trinajstić information content (AvgIpc) is 2.82. The topological polar surface area (TPSA) is 71.2 Å². The van der Waals surface area contributed by atoms with Gasteiger partial charge in [0.2, 0.25) is 0 Å². The summed E-state index contributed by atoms with van der Waals surface area (Å²) in [4.78, 5) is 19.0. The van der Waals surface area contributed by atoms with Crippen LogP contribution in [0.25, 0.3) is 0 Å². The van der Waals surface area contributed by atoms with Gasteiger partial charge in [-0.15, -0.1) is 0 Å². The maximum Gasteiger partial charge on any atom is 0.267 e. The highest BCUT2D eigenvalue weighted by Crippen LogP contribution is 2.27. The number of rotatable bonds is 8. The fraction of sp³-hybridized carbons (Fsp3) is 0.714. The third-order valence-electron chi connectivity index (χ3n) is 3.23. The lowest BCUT2D eigenvalue weighted by Crippen LogP contribution is -2.35. The highest BCUT2D eigenvalue weighted by Gasteiger charge is 2.22. The minimum Gasteiger partial charge on any atom is -0.382 e. The number of carbonyl (C=O) groups excluding carboxylic acids is 1. The van der Waals surface area contributed by atoms with Crippen LogP contribution in [0.15, 0.2) is 0 Å². The molecule has 1 amide bonds. The minimum atomic E-state index is -0.0452. The zero-order valence-corrected chi connectivity index (χ0v) is 15.1. The summed E-state index contributed by atoms with van der Waals surface area (Å²) in [6.07, 6.45) is 3.04. The Kier molecular flexibility index (Phi) is 7.31. The molecule has 0 saturated carbocycles. The largest absolute Gasteiger partial charge is 0.382 e. The predicted molar refractivity (Wildman–Crippen MR) is 94.4 cm³/mol. The van der Waals surface area contributed by atoms with Crippen molar-refractivity contribution < 1.29 is 4.79 Å². The fourth-order valence-electron chi connectivity index (χ4n) is 1.69. The first-order valence-corrected chi connectivity index (χ1v) is 9.34. The lowest BCUT2D eigenvalue weighted by atomic mass is 10.2. The molecule has 0 spiro atoms. The fourth-order valence-corrected chi connectivity index (χ4v) is 3.15. The number of hydrogen-bond acceptors (Lipinski definition) is 6. The van der Waals surface area contributed by atoms with E-state index < -0.39 is 0 Å².